The molecule has 1 saturated heterocycles. The van der Waals surface area contributed by atoms with Crippen LogP contribution < -0.4 is 10.6 Å². The number of hydrogen-bond donors (Lipinski definition) is 2. The van der Waals surface area contributed by atoms with Crippen LogP contribution in [-0.2, 0) is 12.7 Å². The van der Waals surface area contributed by atoms with Crippen LogP contribution in [0.4, 0.5) is 13.2 Å². The summed E-state index contributed by atoms with van der Waals surface area (Å²) < 4.78 is 40.7. The summed E-state index contributed by atoms with van der Waals surface area (Å²) in [6, 6.07) is 17.2. The SMILES string of the molecule is C/C=C\C(=N/C(NCc1ccccc1)=C(C)C)c1cc(C2CCNCC2)nnc1-c1cccc(C(F)(F)F)c1. The van der Waals surface area contributed by atoms with Crippen molar-refractivity contribution in [2.24, 2.45) is 4.99 Å². The van der Waals surface area contributed by atoms with Gasteiger partial charge in [-0.15, -0.1) is 5.10 Å². The molecule has 0 unspecified atom stereocenters. The van der Waals surface area contributed by atoms with Gasteiger partial charge in [0.25, 0.3) is 0 Å². The molecule has 8 heteroatoms. The highest BCUT2D eigenvalue weighted by atomic mass is 19.4. The number of nitrogens with one attached hydrogen (secondary N) is 2. The Labute approximate surface area is 228 Å². The van der Waals surface area contributed by atoms with Crippen LogP contribution in [0.15, 0.2) is 89.2 Å². The predicted molar refractivity (Wildman–Crippen MR) is 150 cm³/mol. The van der Waals surface area contributed by atoms with Crippen LogP contribution >= 0.6 is 0 Å². The molecule has 1 aliphatic rings. The Morgan fingerprint density at radius 3 is 2.44 bits per heavy atom. The van der Waals surface area contributed by atoms with Crippen LogP contribution in [0, 0.1) is 0 Å². The minimum Gasteiger partial charge on any atom is -0.366 e. The third-order valence-electron chi connectivity index (χ3n) is 6.64. The van der Waals surface area contributed by atoms with Crippen molar-refractivity contribution in [3.63, 3.8) is 0 Å². The summed E-state index contributed by atoms with van der Waals surface area (Å²) >= 11 is 0. The van der Waals surface area contributed by atoms with Gasteiger partial charge in [-0.3, -0.25) is 0 Å². The van der Waals surface area contributed by atoms with Gasteiger partial charge in [0.1, 0.15) is 11.5 Å². The van der Waals surface area contributed by atoms with Crippen molar-refractivity contribution in [3.8, 4) is 11.3 Å². The molecule has 0 radical (unpaired) electrons. The molecule has 2 aromatic carbocycles. The maximum absolute atomic E-state index is 13.6. The number of rotatable bonds is 8. The van der Waals surface area contributed by atoms with Crippen LogP contribution in [0.1, 0.15) is 61.9 Å². The number of allylic oxidation sites excluding steroid dienone is 3. The Hall–Kier alpha value is -3.78. The van der Waals surface area contributed by atoms with E-state index in [1.165, 1.54) is 6.07 Å². The molecule has 1 fully saturated rings. The number of benzene rings is 2. The number of aliphatic imine (C=N–C) groups is 1. The lowest BCUT2D eigenvalue weighted by Crippen LogP contribution is -2.27. The lowest BCUT2D eigenvalue weighted by molar-refractivity contribution is -0.137. The minimum absolute atomic E-state index is 0.221. The largest absolute Gasteiger partial charge is 0.416 e. The highest BCUT2D eigenvalue weighted by Gasteiger charge is 2.31. The van der Waals surface area contributed by atoms with E-state index in [9.17, 15) is 13.2 Å². The lowest BCUT2D eigenvalue weighted by Gasteiger charge is -2.23. The van der Waals surface area contributed by atoms with E-state index in [-0.39, 0.29) is 5.92 Å². The summed E-state index contributed by atoms with van der Waals surface area (Å²) in [7, 11) is 0. The highest BCUT2D eigenvalue weighted by Crippen LogP contribution is 2.34. The Bertz CT molecular complexity index is 1350. The average Bonchev–Trinajstić information content (AvgIpc) is 2.95. The van der Waals surface area contributed by atoms with Gasteiger partial charge in [-0.2, -0.15) is 18.3 Å². The zero-order valence-electron chi connectivity index (χ0n) is 22.5. The Kier molecular flexibility index (Phi) is 9.30. The molecule has 0 spiro atoms. The van der Waals surface area contributed by atoms with Crippen LogP contribution in [0.3, 0.4) is 0 Å². The smallest absolute Gasteiger partial charge is 0.366 e. The van der Waals surface area contributed by atoms with Gasteiger partial charge in [-0.1, -0.05) is 48.5 Å². The van der Waals surface area contributed by atoms with Crippen molar-refractivity contribution in [1.29, 1.82) is 0 Å². The standard InChI is InChI=1S/C31H34F3N5/c1-4-9-27(37-30(21(2)3)36-20-22-10-6-5-7-11-22)26-19-28(23-14-16-35-17-15-23)38-39-29(26)24-12-8-13-25(18-24)31(32,33)34/h4-13,18-19,23,35-36H,14-17,20H2,1-3H3/b9-4-,37-27+. The molecule has 1 aliphatic heterocycles. The van der Waals surface area contributed by atoms with Crippen LogP contribution in [-0.4, -0.2) is 29.0 Å². The zero-order valence-corrected chi connectivity index (χ0v) is 22.5. The normalized spacial score (nSPS) is 15.0. The second-order valence-corrected chi connectivity index (χ2v) is 9.82. The molecule has 0 aliphatic carbocycles. The van der Waals surface area contributed by atoms with Crippen molar-refractivity contribution in [1.82, 2.24) is 20.8 Å². The highest BCUT2D eigenvalue weighted by molar-refractivity contribution is 6.12. The Morgan fingerprint density at radius 1 is 1.03 bits per heavy atom. The number of aromatic nitrogens is 2. The van der Waals surface area contributed by atoms with E-state index in [2.05, 4.69) is 20.8 Å². The average molecular weight is 534 g/mol. The van der Waals surface area contributed by atoms with E-state index in [1.807, 2.05) is 69.3 Å². The second-order valence-electron chi connectivity index (χ2n) is 9.82. The molecule has 0 amide bonds. The maximum atomic E-state index is 13.6. The molecule has 2 N–H and O–H groups in total. The van der Waals surface area contributed by atoms with Crippen molar-refractivity contribution in [2.45, 2.75) is 52.3 Å². The van der Waals surface area contributed by atoms with Gasteiger partial charge in [0.15, 0.2) is 0 Å². The molecule has 0 saturated carbocycles. The van der Waals surface area contributed by atoms with E-state index in [4.69, 9.17) is 4.99 Å². The van der Waals surface area contributed by atoms with Gasteiger partial charge < -0.3 is 10.6 Å². The van der Waals surface area contributed by atoms with Crippen molar-refractivity contribution in [3.05, 3.63) is 107 Å². The fourth-order valence-corrected chi connectivity index (χ4v) is 4.55. The lowest BCUT2D eigenvalue weighted by atomic mass is 9.92. The summed E-state index contributed by atoms with van der Waals surface area (Å²) in [5.41, 5.74) is 4.16. The molecule has 3 aromatic rings. The molecular weight excluding hydrogens is 499 g/mol. The molecule has 1 aromatic heterocycles. The zero-order chi connectivity index (χ0) is 27.8. The number of alkyl halides is 3. The van der Waals surface area contributed by atoms with Crippen molar-refractivity contribution < 1.29 is 13.2 Å². The molecule has 0 atom stereocenters. The first-order chi connectivity index (χ1) is 18.8. The van der Waals surface area contributed by atoms with Crippen molar-refractivity contribution >= 4 is 5.71 Å². The molecule has 4 rings (SSSR count). The summed E-state index contributed by atoms with van der Waals surface area (Å²) in [5.74, 6) is 0.918. The van der Waals surface area contributed by atoms with Gasteiger partial charge in [-0.05, 0) is 82.1 Å². The second kappa shape index (κ2) is 12.8. The number of halogens is 3. The summed E-state index contributed by atoms with van der Waals surface area (Å²) in [6.45, 7) is 8.20. The van der Waals surface area contributed by atoms with Crippen molar-refractivity contribution in [2.75, 3.05) is 13.1 Å². The van der Waals surface area contributed by atoms with E-state index in [1.54, 1.807) is 6.07 Å². The predicted octanol–water partition coefficient (Wildman–Crippen LogP) is 7.04. The number of piperidine rings is 1. The van der Waals surface area contributed by atoms with Gasteiger partial charge in [0, 0.05) is 23.6 Å². The van der Waals surface area contributed by atoms with Gasteiger partial charge in [0.05, 0.1) is 17.0 Å². The van der Waals surface area contributed by atoms with Gasteiger partial charge in [0.2, 0.25) is 0 Å². The van der Waals surface area contributed by atoms with Crippen LogP contribution in [0.5, 0.6) is 0 Å². The molecule has 39 heavy (non-hydrogen) atoms. The van der Waals surface area contributed by atoms with Crippen LogP contribution in [0.25, 0.3) is 11.3 Å². The Balaban J connectivity index is 1.82. The Morgan fingerprint density at radius 2 is 1.77 bits per heavy atom. The first kappa shape index (κ1) is 28.2. The summed E-state index contributed by atoms with van der Waals surface area (Å²) in [6.07, 6.45) is 1.12. The monoisotopic (exact) mass is 533 g/mol. The molecule has 0 bridgehead atoms. The molecule has 5 nitrogen and oxygen atoms in total. The van der Waals surface area contributed by atoms with E-state index >= 15 is 0 Å². The molecule has 2 heterocycles. The van der Waals surface area contributed by atoms with E-state index in [0.29, 0.717) is 34.9 Å². The number of nitrogens with zero attached hydrogens (tertiary/aromatic N) is 3. The van der Waals surface area contributed by atoms with Gasteiger partial charge in [-0.25, -0.2) is 4.99 Å². The quantitative estimate of drug-likeness (QED) is 0.305. The number of hydrogen-bond acceptors (Lipinski definition) is 5. The van der Waals surface area contributed by atoms with E-state index in [0.717, 1.165) is 54.9 Å². The fourth-order valence-electron chi connectivity index (χ4n) is 4.55. The third kappa shape index (κ3) is 7.41. The maximum Gasteiger partial charge on any atom is 0.416 e. The fraction of sp³-hybridized carbons (Fsp3) is 0.323. The molecule has 204 valence electrons. The first-order valence-corrected chi connectivity index (χ1v) is 13.2. The minimum atomic E-state index is -4.46. The van der Waals surface area contributed by atoms with Crippen LogP contribution in [0.2, 0.25) is 0 Å². The molecular formula is C31H34F3N5. The van der Waals surface area contributed by atoms with Gasteiger partial charge >= 0.3 is 6.18 Å². The topological polar surface area (TPSA) is 62.2 Å². The summed E-state index contributed by atoms with van der Waals surface area (Å²) in [5, 5.41) is 15.8. The first-order valence-electron chi connectivity index (χ1n) is 13.2. The summed E-state index contributed by atoms with van der Waals surface area (Å²) in [4.78, 5) is 4.99. The van der Waals surface area contributed by atoms with E-state index < -0.39 is 11.7 Å². The third-order valence-corrected chi connectivity index (χ3v) is 6.64.